The van der Waals surface area contributed by atoms with Gasteiger partial charge in [-0.3, -0.25) is 10.2 Å². The predicted molar refractivity (Wildman–Crippen MR) is 100 cm³/mol. The van der Waals surface area contributed by atoms with Crippen LogP contribution in [-0.2, 0) is 0 Å². The van der Waals surface area contributed by atoms with Gasteiger partial charge in [0.15, 0.2) is 11.5 Å². The van der Waals surface area contributed by atoms with Crippen molar-refractivity contribution in [1.82, 2.24) is 9.97 Å². The fourth-order valence-corrected chi connectivity index (χ4v) is 2.21. The molecule has 0 bridgehead atoms. The zero-order valence-electron chi connectivity index (χ0n) is 13.6. The lowest BCUT2D eigenvalue weighted by Gasteiger charge is -2.07. The Hall–Kier alpha value is -3.06. The number of hydrogen-bond donors (Lipinski definition) is 2. The molecule has 0 saturated heterocycles. The molecule has 0 unspecified atom stereocenters. The fourth-order valence-electron chi connectivity index (χ4n) is 2.21. The third-order valence-electron chi connectivity index (χ3n) is 3.39. The van der Waals surface area contributed by atoms with Crippen LogP contribution in [0.3, 0.4) is 0 Å². The molecule has 0 radical (unpaired) electrons. The predicted octanol–water partition coefficient (Wildman–Crippen LogP) is 2.81. The van der Waals surface area contributed by atoms with E-state index in [2.05, 4.69) is 20.5 Å². The molecule has 2 aromatic carbocycles. The highest BCUT2D eigenvalue weighted by molar-refractivity contribution is 5.85. The van der Waals surface area contributed by atoms with Crippen LogP contribution >= 0.6 is 12.4 Å². The van der Waals surface area contributed by atoms with Crippen molar-refractivity contribution in [3.05, 3.63) is 58.4 Å². The number of aromatic amines is 1. The van der Waals surface area contributed by atoms with Gasteiger partial charge in [0.2, 0.25) is 5.82 Å². The van der Waals surface area contributed by atoms with Crippen LogP contribution in [0.15, 0.2) is 52.4 Å². The maximum atomic E-state index is 12.0. The number of aromatic nitrogens is 2. The smallest absolute Gasteiger partial charge is 0.293 e. The van der Waals surface area contributed by atoms with E-state index < -0.39 is 0 Å². The Balaban J connectivity index is 0.00000225. The van der Waals surface area contributed by atoms with Gasteiger partial charge in [-0.15, -0.1) is 12.4 Å². The second-order valence-corrected chi connectivity index (χ2v) is 4.92. The number of methoxy groups -OCH3 is 2. The van der Waals surface area contributed by atoms with E-state index in [0.29, 0.717) is 22.5 Å². The Morgan fingerprint density at radius 2 is 1.88 bits per heavy atom. The Kier molecular flexibility index (Phi) is 5.97. The molecular weight excluding hydrogens is 344 g/mol. The number of hydrazone groups is 1. The first-order valence-corrected chi connectivity index (χ1v) is 7.21. The highest BCUT2D eigenvalue weighted by Gasteiger charge is 2.04. The van der Waals surface area contributed by atoms with Gasteiger partial charge < -0.3 is 14.5 Å². The third kappa shape index (κ3) is 4.07. The van der Waals surface area contributed by atoms with Crippen LogP contribution in [0.5, 0.6) is 11.5 Å². The minimum Gasteiger partial charge on any atom is -0.493 e. The Morgan fingerprint density at radius 1 is 1.12 bits per heavy atom. The average Bonchev–Trinajstić information content (AvgIpc) is 2.62. The lowest BCUT2D eigenvalue weighted by Crippen LogP contribution is -2.13. The van der Waals surface area contributed by atoms with Gasteiger partial charge in [0.25, 0.3) is 5.56 Å². The highest BCUT2D eigenvalue weighted by Crippen LogP contribution is 2.26. The number of benzene rings is 2. The molecule has 7 nitrogen and oxygen atoms in total. The van der Waals surface area contributed by atoms with Gasteiger partial charge in [0.1, 0.15) is 0 Å². The van der Waals surface area contributed by atoms with Crippen molar-refractivity contribution in [1.29, 1.82) is 0 Å². The molecular formula is C17H17ClN4O3. The first-order chi connectivity index (χ1) is 11.7. The molecule has 8 heteroatoms. The fraction of sp³-hybridized carbons (Fsp3) is 0.118. The Morgan fingerprint density at radius 3 is 2.64 bits per heavy atom. The number of H-pyrrole nitrogens is 1. The van der Waals surface area contributed by atoms with E-state index in [-0.39, 0.29) is 23.8 Å². The van der Waals surface area contributed by atoms with E-state index >= 15 is 0 Å². The second kappa shape index (κ2) is 8.16. The lowest BCUT2D eigenvalue weighted by atomic mass is 10.2. The van der Waals surface area contributed by atoms with Gasteiger partial charge in [0, 0.05) is 0 Å². The number of ether oxygens (including phenoxy) is 2. The molecule has 1 aromatic heterocycles. The van der Waals surface area contributed by atoms with E-state index in [1.165, 1.54) is 0 Å². The minimum absolute atomic E-state index is 0. The van der Waals surface area contributed by atoms with Crippen molar-refractivity contribution in [3.63, 3.8) is 0 Å². The average molecular weight is 361 g/mol. The maximum Gasteiger partial charge on any atom is 0.293 e. The zero-order chi connectivity index (χ0) is 16.9. The quantitative estimate of drug-likeness (QED) is 0.539. The van der Waals surface area contributed by atoms with Crippen LogP contribution in [0.4, 0.5) is 5.82 Å². The third-order valence-corrected chi connectivity index (χ3v) is 3.39. The molecule has 1 heterocycles. The SMILES string of the molecule is COc1ccc(C=NNc2nc3ccccc3[nH]c2=O)cc1OC.Cl. The molecule has 25 heavy (non-hydrogen) atoms. The molecule has 0 aliphatic rings. The number of halogens is 1. The molecule has 2 N–H and O–H groups in total. The molecule has 0 amide bonds. The molecule has 0 saturated carbocycles. The van der Waals surface area contributed by atoms with Crippen molar-refractivity contribution in [2.24, 2.45) is 5.10 Å². The van der Waals surface area contributed by atoms with E-state index in [0.717, 1.165) is 5.56 Å². The van der Waals surface area contributed by atoms with E-state index in [1.807, 2.05) is 24.3 Å². The van der Waals surface area contributed by atoms with Crippen LogP contribution < -0.4 is 20.5 Å². The van der Waals surface area contributed by atoms with Gasteiger partial charge in [-0.1, -0.05) is 12.1 Å². The molecule has 0 atom stereocenters. The topological polar surface area (TPSA) is 88.6 Å². The molecule has 130 valence electrons. The van der Waals surface area contributed by atoms with Gasteiger partial charge >= 0.3 is 0 Å². The summed E-state index contributed by atoms with van der Waals surface area (Å²) in [5, 5.41) is 4.06. The highest BCUT2D eigenvalue weighted by atomic mass is 35.5. The summed E-state index contributed by atoms with van der Waals surface area (Å²) in [4.78, 5) is 19.0. The summed E-state index contributed by atoms with van der Waals surface area (Å²) in [5.41, 5.74) is 4.48. The van der Waals surface area contributed by atoms with E-state index in [4.69, 9.17) is 9.47 Å². The monoisotopic (exact) mass is 360 g/mol. The van der Waals surface area contributed by atoms with E-state index in [9.17, 15) is 4.79 Å². The van der Waals surface area contributed by atoms with E-state index in [1.54, 1.807) is 38.6 Å². The van der Waals surface area contributed by atoms with Gasteiger partial charge in [-0.05, 0) is 35.9 Å². The number of fused-ring (bicyclic) bond motifs is 1. The Labute approximate surface area is 150 Å². The van der Waals surface area contributed by atoms with Crippen molar-refractivity contribution < 1.29 is 9.47 Å². The number of para-hydroxylation sites is 2. The standard InChI is InChI=1S/C17H16N4O3.ClH/c1-23-14-8-7-11(9-15(14)24-2)10-18-21-16-17(22)20-13-6-4-3-5-12(13)19-16;/h3-10H,1-2H3,(H,19,21)(H,20,22);1H. The summed E-state index contributed by atoms with van der Waals surface area (Å²) in [6, 6.07) is 12.7. The number of rotatable bonds is 5. The lowest BCUT2D eigenvalue weighted by molar-refractivity contribution is 0.355. The molecule has 0 spiro atoms. The van der Waals surface area contributed by atoms with Crippen LogP contribution in [0.25, 0.3) is 11.0 Å². The molecule has 0 aliphatic heterocycles. The number of anilines is 1. The van der Waals surface area contributed by atoms with Gasteiger partial charge in [-0.2, -0.15) is 5.10 Å². The summed E-state index contributed by atoms with van der Waals surface area (Å²) >= 11 is 0. The molecule has 3 rings (SSSR count). The van der Waals surface area contributed by atoms with Crippen LogP contribution in [0, 0.1) is 0 Å². The van der Waals surface area contributed by atoms with Crippen molar-refractivity contribution >= 4 is 35.5 Å². The minimum atomic E-state index is -0.335. The van der Waals surface area contributed by atoms with Crippen LogP contribution in [0.2, 0.25) is 0 Å². The number of hydrogen-bond acceptors (Lipinski definition) is 6. The normalized spacial score (nSPS) is 10.5. The largest absolute Gasteiger partial charge is 0.493 e. The molecule has 3 aromatic rings. The number of nitrogens with one attached hydrogen (secondary N) is 2. The summed E-state index contributed by atoms with van der Waals surface area (Å²) in [5.74, 6) is 1.36. The first kappa shape index (κ1) is 18.3. The van der Waals surface area contributed by atoms with Crippen LogP contribution in [-0.4, -0.2) is 30.4 Å². The molecule has 0 fully saturated rings. The Bertz CT molecular complexity index is 956. The number of nitrogens with zero attached hydrogens (tertiary/aromatic N) is 2. The van der Waals surface area contributed by atoms with Gasteiger partial charge in [-0.25, -0.2) is 4.98 Å². The maximum absolute atomic E-state index is 12.0. The van der Waals surface area contributed by atoms with Crippen molar-refractivity contribution in [2.45, 2.75) is 0 Å². The van der Waals surface area contributed by atoms with Crippen molar-refractivity contribution in [2.75, 3.05) is 19.6 Å². The first-order valence-electron chi connectivity index (χ1n) is 7.21. The summed E-state index contributed by atoms with van der Waals surface area (Å²) in [7, 11) is 3.14. The zero-order valence-corrected chi connectivity index (χ0v) is 14.5. The van der Waals surface area contributed by atoms with Crippen LogP contribution in [0.1, 0.15) is 5.56 Å². The summed E-state index contributed by atoms with van der Waals surface area (Å²) < 4.78 is 10.4. The summed E-state index contributed by atoms with van der Waals surface area (Å²) in [6.07, 6.45) is 1.57. The molecule has 0 aliphatic carbocycles. The summed E-state index contributed by atoms with van der Waals surface area (Å²) in [6.45, 7) is 0. The van der Waals surface area contributed by atoms with Gasteiger partial charge in [0.05, 0.1) is 31.5 Å². The van der Waals surface area contributed by atoms with Crippen molar-refractivity contribution in [3.8, 4) is 11.5 Å². The second-order valence-electron chi connectivity index (χ2n) is 4.92.